The monoisotopic (exact) mass is 407 g/mol. The summed E-state index contributed by atoms with van der Waals surface area (Å²) in [5.74, 6) is 0.919. The Labute approximate surface area is 154 Å². The number of carbonyl (C=O) groups excluding carboxylic acids is 1. The van der Waals surface area contributed by atoms with E-state index < -0.39 is 5.97 Å². The average Bonchev–Trinajstić information content (AvgIpc) is 2.59. The lowest BCUT2D eigenvalue weighted by molar-refractivity contribution is -0.129. The summed E-state index contributed by atoms with van der Waals surface area (Å²) in [5.41, 5.74) is 0.820. The quantitative estimate of drug-likeness (QED) is 0.284. The molecule has 0 amide bonds. The van der Waals surface area contributed by atoms with E-state index in [9.17, 15) is 4.79 Å². The zero-order valence-corrected chi connectivity index (χ0v) is 15.5. The minimum Gasteiger partial charge on any atom is -0.491 e. The van der Waals surface area contributed by atoms with E-state index in [0.717, 1.165) is 16.1 Å². The summed E-state index contributed by atoms with van der Waals surface area (Å²) in [6.07, 6.45) is 2.70. The number of aromatic nitrogens is 1. The summed E-state index contributed by atoms with van der Waals surface area (Å²) >= 11 is 3.35. The number of carbonyl (C=O) groups is 1. The smallest absolute Gasteiger partial charge is 0.335 e. The summed E-state index contributed by atoms with van der Waals surface area (Å²) in [6.45, 7) is 6.09. The number of esters is 1. The molecule has 1 aromatic carbocycles. The van der Waals surface area contributed by atoms with Crippen LogP contribution in [0.1, 0.15) is 5.56 Å². The molecule has 1 aromatic heterocycles. The van der Waals surface area contributed by atoms with E-state index in [2.05, 4.69) is 27.5 Å². The van der Waals surface area contributed by atoms with Crippen molar-refractivity contribution in [1.29, 1.82) is 0 Å². The molecule has 0 spiro atoms. The van der Waals surface area contributed by atoms with Crippen LogP contribution < -0.4 is 14.2 Å². The Hall–Kier alpha value is -2.38. The lowest BCUT2D eigenvalue weighted by Gasteiger charge is -2.13. The van der Waals surface area contributed by atoms with Crippen molar-refractivity contribution in [1.82, 2.24) is 4.98 Å². The topological polar surface area (TPSA) is 66.9 Å². The Kier molecular flexibility index (Phi) is 6.97. The van der Waals surface area contributed by atoms with Crippen LogP contribution >= 0.6 is 15.9 Å². The zero-order valence-electron chi connectivity index (χ0n) is 14.0. The van der Waals surface area contributed by atoms with E-state index >= 15 is 0 Å². The van der Waals surface area contributed by atoms with Crippen LogP contribution in [-0.4, -0.2) is 31.3 Å². The largest absolute Gasteiger partial charge is 0.491 e. The standard InChI is InChI=1S/C18H18BrNO5/c1-4-17(21)24-15-6-5-14(23-8-7-22-3)10-16(15)25-18-12(2)9-13(19)11-20-18/h4-6,9-11H,1,7-8H2,2-3H3. The van der Waals surface area contributed by atoms with Crippen molar-refractivity contribution in [2.24, 2.45) is 0 Å². The molecular formula is C18H18BrNO5. The molecule has 1 heterocycles. The second-order valence-corrected chi connectivity index (χ2v) is 5.87. The van der Waals surface area contributed by atoms with Crippen LogP contribution in [0.3, 0.4) is 0 Å². The number of hydrogen-bond donors (Lipinski definition) is 0. The number of aryl methyl sites for hydroxylation is 1. The summed E-state index contributed by atoms with van der Waals surface area (Å²) in [5, 5.41) is 0. The Morgan fingerprint density at radius 1 is 1.28 bits per heavy atom. The maximum absolute atomic E-state index is 11.5. The molecule has 0 radical (unpaired) electrons. The molecule has 2 aromatic rings. The number of pyridine rings is 1. The Morgan fingerprint density at radius 2 is 2.08 bits per heavy atom. The van der Waals surface area contributed by atoms with Crippen molar-refractivity contribution in [3.05, 3.63) is 53.2 Å². The molecule has 0 N–H and O–H groups in total. The van der Waals surface area contributed by atoms with Crippen molar-refractivity contribution >= 4 is 21.9 Å². The minimum atomic E-state index is -0.585. The molecule has 25 heavy (non-hydrogen) atoms. The average molecular weight is 408 g/mol. The third-order valence-corrected chi connectivity index (χ3v) is 3.49. The van der Waals surface area contributed by atoms with Gasteiger partial charge in [0.25, 0.3) is 0 Å². The number of rotatable bonds is 8. The molecule has 0 aliphatic rings. The fourth-order valence-electron chi connectivity index (χ4n) is 1.87. The third kappa shape index (κ3) is 5.58. The predicted molar refractivity (Wildman–Crippen MR) is 96.4 cm³/mol. The summed E-state index contributed by atoms with van der Waals surface area (Å²) in [7, 11) is 1.59. The van der Waals surface area contributed by atoms with Crippen LogP contribution in [0.15, 0.2) is 47.6 Å². The van der Waals surface area contributed by atoms with Crippen molar-refractivity contribution < 1.29 is 23.7 Å². The molecule has 0 atom stereocenters. The van der Waals surface area contributed by atoms with Crippen LogP contribution in [0.25, 0.3) is 0 Å². The predicted octanol–water partition coefficient (Wildman–Crippen LogP) is 4.06. The van der Waals surface area contributed by atoms with E-state index in [4.69, 9.17) is 18.9 Å². The van der Waals surface area contributed by atoms with Gasteiger partial charge in [0.15, 0.2) is 11.5 Å². The Bertz CT molecular complexity index is 763. The van der Waals surface area contributed by atoms with Crippen molar-refractivity contribution in [3.63, 3.8) is 0 Å². The fourth-order valence-corrected chi connectivity index (χ4v) is 2.32. The normalized spacial score (nSPS) is 10.2. The van der Waals surface area contributed by atoms with Crippen LogP contribution in [0, 0.1) is 6.92 Å². The highest BCUT2D eigenvalue weighted by Crippen LogP contribution is 2.36. The van der Waals surface area contributed by atoms with Gasteiger partial charge in [-0.3, -0.25) is 0 Å². The summed E-state index contributed by atoms with van der Waals surface area (Å²) in [4.78, 5) is 15.8. The molecule has 0 saturated carbocycles. The second-order valence-electron chi connectivity index (χ2n) is 4.95. The molecule has 6 nitrogen and oxygen atoms in total. The second kappa shape index (κ2) is 9.19. The molecule has 0 aliphatic carbocycles. The van der Waals surface area contributed by atoms with Crippen LogP contribution in [0.4, 0.5) is 0 Å². The van der Waals surface area contributed by atoms with Crippen molar-refractivity contribution in [2.75, 3.05) is 20.3 Å². The summed E-state index contributed by atoms with van der Waals surface area (Å²) in [6, 6.07) is 6.77. The van der Waals surface area contributed by atoms with Gasteiger partial charge in [-0.2, -0.15) is 0 Å². The maximum Gasteiger partial charge on any atom is 0.335 e. The highest BCUT2D eigenvalue weighted by atomic mass is 79.9. The van der Waals surface area contributed by atoms with Crippen molar-refractivity contribution in [3.8, 4) is 23.1 Å². The number of hydrogen-bond acceptors (Lipinski definition) is 6. The van der Waals surface area contributed by atoms with Gasteiger partial charge in [-0.05, 0) is 41.1 Å². The van der Waals surface area contributed by atoms with Gasteiger partial charge >= 0.3 is 5.97 Å². The molecule has 7 heteroatoms. The highest BCUT2D eigenvalue weighted by molar-refractivity contribution is 9.10. The number of halogens is 1. The lowest BCUT2D eigenvalue weighted by Crippen LogP contribution is -2.06. The minimum absolute atomic E-state index is 0.244. The molecule has 0 fully saturated rings. The maximum atomic E-state index is 11.5. The van der Waals surface area contributed by atoms with Crippen molar-refractivity contribution in [2.45, 2.75) is 6.92 Å². The van der Waals surface area contributed by atoms with E-state index in [-0.39, 0.29) is 5.75 Å². The first-order valence-corrected chi connectivity index (χ1v) is 8.23. The first-order chi connectivity index (χ1) is 12.0. The van der Waals surface area contributed by atoms with Crippen LogP contribution in [0.5, 0.6) is 23.1 Å². The number of nitrogens with zero attached hydrogens (tertiary/aromatic N) is 1. The summed E-state index contributed by atoms with van der Waals surface area (Å²) < 4.78 is 22.4. The number of ether oxygens (including phenoxy) is 4. The molecule has 132 valence electrons. The third-order valence-electron chi connectivity index (χ3n) is 3.05. The van der Waals surface area contributed by atoms with Gasteiger partial charge in [0, 0.05) is 35.5 Å². The van der Waals surface area contributed by atoms with Gasteiger partial charge in [-0.1, -0.05) is 6.58 Å². The van der Waals surface area contributed by atoms with Crippen LogP contribution in [-0.2, 0) is 9.53 Å². The van der Waals surface area contributed by atoms with Gasteiger partial charge < -0.3 is 18.9 Å². The van der Waals surface area contributed by atoms with Crippen LogP contribution in [0.2, 0.25) is 0 Å². The molecule has 0 bridgehead atoms. The van der Waals surface area contributed by atoms with E-state index in [1.165, 1.54) is 0 Å². The molecule has 2 rings (SSSR count). The molecular weight excluding hydrogens is 390 g/mol. The molecule has 0 saturated heterocycles. The SMILES string of the molecule is C=CC(=O)Oc1ccc(OCCOC)cc1Oc1ncc(Br)cc1C. The van der Waals surface area contributed by atoms with E-state index in [1.54, 1.807) is 31.5 Å². The molecule has 0 unspecified atom stereocenters. The lowest BCUT2D eigenvalue weighted by atomic mass is 10.3. The van der Waals surface area contributed by atoms with E-state index in [0.29, 0.717) is 30.6 Å². The van der Waals surface area contributed by atoms with Gasteiger partial charge in [0.05, 0.1) is 6.61 Å². The Morgan fingerprint density at radius 3 is 2.76 bits per heavy atom. The Balaban J connectivity index is 2.30. The zero-order chi connectivity index (χ0) is 18.2. The van der Waals surface area contributed by atoms with Gasteiger partial charge in [0.1, 0.15) is 12.4 Å². The first-order valence-electron chi connectivity index (χ1n) is 7.43. The van der Waals surface area contributed by atoms with Gasteiger partial charge in [-0.25, -0.2) is 9.78 Å². The molecule has 0 aliphatic heterocycles. The number of methoxy groups -OCH3 is 1. The van der Waals surface area contributed by atoms with Gasteiger partial charge in [-0.15, -0.1) is 0 Å². The number of benzene rings is 1. The van der Waals surface area contributed by atoms with E-state index in [1.807, 2.05) is 13.0 Å². The van der Waals surface area contributed by atoms with Gasteiger partial charge in [0.2, 0.25) is 5.88 Å². The first kappa shape index (κ1) is 19.0. The highest BCUT2D eigenvalue weighted by Gasteiger charge is 2.13. The fraction of sp³-hybridized carbons (Fsp3) is 0.222.